The average Bonchev–Trinajstić information content (AvgIpc) is 3.31. The van der Waals surface area contributed by atoms with Crippen LogP contribution in [0.5, 0.6) is 0 Å². The molecular formula is C47H66N10O15. The molecule has 0 saturated heterocycles. The van der Waals surface area contributed by atoms with Crippen LogP contribution in [-0.2, 0) is 70.4 Å². The maximum absolute atomic E-state index is 14.3. The Morgan fingerprint density at radius 1 is 0.472 bits per heavy atom. The molecule has 0 unspecified atom stereocenters. The topological polar surface area (TPSA) is 428 Å². The highest BCUT2D eigenvalue weighted by Gasteiger charge is 2.37. The van der Waals surface area contributed by atoms with Gasteiger partial charge in [-0.3, -0.25) is 52.7 Å². The van der Waals surface area contributed by atoms with E-state index in [2.05, 4.69) is 37.2 Å². The number of carbonyl (C=O) groups excluding carboxylic acids is 9. The molecule has 0 aliphatic carbocycles. The molecule has 0 radical (unpaired) electrons. The quantitative estimate of drug-likeness (QED) is 0.0359. The van der Waals surface area contributed by atoms with Gasteiger partial charge in [0.1, 0.15) is 42.3 Å². The molecule has 9 atom stereocenters. The summed E-state index contributed by atoms with van der Waals surface area (Å²) in [6.45, 7) is 6.33. The molecule has 0 heterocycles. The zero-order valence-corrected chi connectivity index (χ0v) is 40.4. The predicted molar refractivity (Wildman–Crippen MR) is 255 cm³/mol. The monoisotopic (exact) mass is 1010 g/mol. The number of benzene rings is 2. The molecule has 2 aromatic carbocycles. The third kappa shape index (κ3) is 21.4. The number of primary amides is 2. The Hall–Kier alpha value is -7.96. The van der Waals surface area contributed by atoms with E-state index in [0.29, 0.717) is 17.5 Å². The lowest BCUT2D eigenvalue weighted by Gasteiger charge is -2.29. The highest BCUT2D eigenvalue weighted by Crippen LogP contribution is 2.13. The summed E-state index contributed by atoms with van der Waals surface area (Å²) in [5.74, 6) is -14.6. The number of nitrogens with one attached hydrogen (secondary N) is 7. The summed E-state index contributed by atoms with van der Waals surface area (Å²) >= 11 is 0. The van der Waals surface area contributed by atoms with Gasteiger partial charge in [0.15, 0.2) is 0 Å². The van der Waals surface area contributed by atoms with Gasteiger partial charge in [0.05, 0.1) is 18.9 Å². The first-order valence-electron chi connectivity index (χ1n) is 23.0. The Balaban J connectivity index is 2.53. The largest absolute Gasteiger partial charge is 0.481 e. The highest BCUT2D eigenvalue weighted by molar-refractivity contribution is 5.99. The zero-order valence-electron chi connectivity index (χ0n) is 40.4. The molecule has 0 aliphatic heterocycles. The number of hydrogen-bond acceptors (Lipinski definition) is 13. The van der Waals surface area contributed by atoms with E-state index in [4.69, 9.17) is 27.4 Å². The first-order chi connectivity index (χ1) is 33.8. The van der Waals surface area contributed by atoms with Gasteiger partial charge in [0, 0.05) is 25.7 Å². The number of rotatable bonds is 32. The normalized spacial score (nSPS) is 14.7. The van der Waals surface area contributed by atoms with E-state index < -0.39 is 163 Å². The zero-order chi connectivity index (χ0) is 54.2. The number of amides is 9. The van der Waals surface area contributed by atoms with Gasteiger partial charge in [0.2, 0.25) is 53.2 Å². The number of carboxylic acid groups (broad SMARTS) is 3. The van der Waals surface area contributed by atoms with Crippen LogP contribution in [0.15, 0.2) is 60.7 Å². The van der Waals surface area contributed by atoms with Crippen molar-refractivity contribution in [3.63, 3.8) is 0 Å². The van der Waals surface area contributed by atoms with Gasteiger partial charge >= 0.3 is 17.9 Å². The van der Waals surface area contributed by atoms with Crippen molar-refractivity contribution in [2.45, 2.75) is 134 Å². The summed E-state index contributed by atoms with van der Waals surface area (Å²) < 4.78 is 0. The summed E-state index contributed by atoms with van der Waals surface area (Å²) in [6.07, 6.45) is -3.54. The molecule has 0 aliphatic rings. The third-order valence-electron chi connectivity index (χ3n) is 11.2. The summed E-state index contributed by atoms with van der Waals surface area (Å²) in [5.41, 5.74) is 17.8. The Labute approximate surface area is 414 Å². The Kier molecular flexibility index (Phi) is 25.0. The molecule has 25 heteroatoms. The van der Waals surface area contributed by atoms with Crippen LogP contribution in [0.25, 0.3) is 0 Å². The number of aliphatic carboxylic acids is 3. The van der Waals surface area contributed by atoms with E-state index in [1.54, 1.807) is 74.5 Å². The fraction of sp³-hybridized carbons (Fsp3) is 0.489. The second-order valence-corrected chi connectivity index (χ2v) is 17.4. The molecule has 2 rings (SSSR count). The lowest BCUT2D eigenvalue weighted by atomic mass is 9.97. The van der Waals surface area contributed by atoms with Crippen molar-refractivity contribution >= 4 is 71.1 Å². The molecule has 9 amide bonds. The SMILES string of the molecule is CC[C@H](C)[C@H](NC(=O)[C@@H](N)CCC(=O)O)C(=O)N[C@@H](CC(N)=O)C(=O)N[C@@H](Cc1ccccc1)C(=O)N[C@@H](CCC(N)=O)C(=O)N[C@@H](Cc1ccccc1)C(=O)N[C@H](C(=O)N[C@@H](CC(=O)O)C(=O)O)C(C)C. The van der Waals surface area contributed by atoms with E-state index in [9.17, 15) is 62.6 Å². The predicted octanol–water partition coefficient (Wildman–Crippen LogP) is -2.54. The van der Waals surface area contributed by atoms with E-state index >= 15 is 0 Å². The molecule has 2 aromatic rings. The standard InChI is InChI=1S/C47H66N10O15/c1-5-25(4)39(57-40(64)28(48)16-19-36(60)61)46(70)54-32(22-35(50)59)43(67)53-30(20-26-12-8-6-9-13-26)42(66)51-29(17-18-34(49)58)41(65)52-31(21-27-14-10-7-11-15-27)44(68)56-38(24(2)3)45(69)55-33(47(71)72)23-37(62)63/h6-15,24-25,28-33,38-39H,5,16-23,48H2,1-4H3,(H2,49,58)(H2,50,59)(H,51,66)(H,52,65)(H,53,67)(H,54,70)(H,55,69)(H,56,68)(H,57,64)(H,60,61)(H,62,63)(H,71,72)/t25-,28-,29-,30-,31-,32-,33-,38-,39-/m0/s1. The van der Waals surface area contributed by atoms with Gasteiger partial charge in [0.25, 0.3) is 0 Å². The number of nitrogens with two attached hydrogens (primary N) is 3. The van der Waals surface area contributed by atoms with Gasteiger partial charge in [-0.1, -0.05) is 94.8 Å². The summed E-state index contributed by atoms with van der Waals surface area (Å²) in [6, 6.07) is 3.93. The van der Waals surface area contributed by atoms with Crippen LogP contribution >= 0.6 is 0 Å². The highest BCUT2D eigenvalue weighted by atomic mass is 16.4. The van der Waals surface area contributed by atoms with Crippen LogP contribution in [0.4, 0.5) is 0 Å². The van der Waals surface area contributed by atoms with Gasteiger partial charge < -0.3 is 69.7 Å². The molecule has 0 saturated carbocycles. The summed E-state index contributed by atoms with van der Waals surface area (Å²) in [7, 11) is 0. The van der Waals surface area contributed by atoms with Crippen molar-refractivity contribution in [3.8, 4) is 0 Å². The Morgan fingerprint density at radius 2 is 0.903 bits per heavy atom. The van der Waals surface area contributed by atoms with E-state index in [-0.39, 0.29) is 19.3 Å². The minimum absolute atomic E-state index is 0.211. The summed E-state index contributed by atoms with van der Waals surface area (Å²) in [4.78, 5) is 155. The second-order valence-electron chi connectivity index (χ2n) is 17.4. The minimum Gasteiger partial charge on any atom is -0.481 e. The van der Waals surface area contributed by atoms with Crippen LogP contribution in [0.2, 0.25) is 0 Å². The molecule has 16 N–H and O–H groups in total. The molecular weight excluding hydrogens is 945 g/mol. The van der Waals surface area contributed by atoms with E-state index in [1.165, 1.54) is 13.8 Å². The van der Waals surface area contributed by atoms with Crippen LogP contribution < -0.4 is 54.4 Å². The molecule has 0 aromatic heterocycles. The first kappa shape index (κ1) is 60.2. The molecule has 72 heavy (non-hydrogen) atoms. The van der Waals surface area contributed by atoms with Crippen LogP contribution in [-0.4, -0.2) is 135 Å². The maximum atomic E-state index is 14.3. The Bertz CT molecular complexity index is 2250. The van der Waals surface area contributed by atoms with Gasteiger partial charge in [-0.25, -0.2) is 4.79 Å². The van der Waals surface area contributed by atoms with Crippen molar-refractivity contribution in [2.75, 3.05) is 0 Å². The summed E-state index contributed by atoms with van der Waals surface area (Å²) in [5, 5.41) is 44.7. The Morgan fingerprint density at radius 3 is 1.35 bits per heavy atom. The van der Waals surface area contributed by atoms with E-state index in [0.717, 1.165) is 0 Å². The van der Waals surface area contributed by atoms with E-state index in [1.807, 2.05) is 0 Å². The van der Waals surface area contributed by atoms with Gasteiger partial charge in [-0.05, 0) is 35.8 Å². The fourth-order valence-corrected chi connectivity index (χ4v) is 6.96. The van der Waals surface area contributed by atoms with Crippen LogP contribution in [0, 0.1) is 11.8 Å². The third-order valence-corrected chi connectivity index (χ3v) is 11.2. The number of carboxylic acids is 3. The molecule has 0 spiro atoms. The van der Waals surface area contributed by atoms with Crippen LogP contribution in [0.3, 0.4) is 0 Å². The number of carbonyl (C=O) groups is 12. The van der Waals surface area contributed by atoms with Crippen molar-refractivity contribution < 1.29 is 72.9 Å². The van der Waals surface area contributed by atoms with Crippen molar-refractivity contribution in [1.29, 1.82) is 0 Å². The van der Waals surface area contributed by atoms with Gasteiger partial charge in [-0.2, -0.15) is 0 Å². The maximum Gasteiger partial charge on any atom is 0.326 e. The van der Waals surface area contributed by atoms with Crippen molar-refractivity contribution in [2.24, 2.45) is 29.0 Å². The second kappa shape index (κ2) is 29.9. The van der Waals surface area contributed by atoms with Crippen molar-refractivity contribution in [3.05, 3.63) is 71.8 Å². The van der Waals surface area contributed by atoms with Crippen LogP contribution in [0.1, 0.15) is 83.8 Å². The lowest BCUT2D eigenvalue weighted by molar-refractivity contribution is -0.147. The molecule has 394 valence electrons. The fourth-order valence-electron chi connectivity index (χ4n) is 6.96. The lowest BCUT2D eigenvalue weighted by Crippen LogP contribution is -2.61. The average molecular weight is 1010 g/mol. The number of hydrogen-bond donors (Lipinski definition) is 13. The molecule has 0 fully saturated rings. The first-order valence-corrected chi connectivity index (χ1v) is 23.0. The smallest absolute Gasteiger partial charge is 0.326 e. The minimum atomic E-state index is -1.85. The van der Waals surface area contributed by atoms with Crippen molar-refractivity contribution in [1.82, 2.24) is 37.2 Å². The molecule has 0 bridgehead atoms. The van der Waals surface area contributed by atoms with Gasteiger partial charge in [-0.15, -0.1) is 0 Å². The molecule has 25 nitrogen and oxygen atoms in total.